The van der Waals surface area contributed by atoms with Gasteiger partial charge in [-0.3, -0.25) is 4.90 Å². The Labute approximate surface area is 119 Å². The standard InChI is InChI=1S/C15H33NO3/c1-6-14(7-2)16(12-13-17-5)11-10-15(18-8-3)19-9-4/h14-15H,6-13H2,1-5H3. The van der Waals surface area contributed by atoms with Crippen LogP contribution in [0.25, 0.3) is 0 Å². The van der Waals surface area contributed by atoms with Gasteiger partial charge in [0, 0.05) is 45.9 Å². The van der Waals surface area contributed by atoms with Crippen LogP contribution >= 0.6 is 0 Å². The normalized spacial score (nSPS) is 12.0. The summed E-state index contributed by atoms with van der Waals surface area (Å²) in [6.07, 6.45) is 3.19. The second-order valence-corrected chi connectivity index (χ2v) is 4.63. The molecule has 0 saturated heterocycles. The predicted molar refractivity (Wildman–Crippen MR) is 79.5 cm³/mol. The molecule has 0 spiro atoms. The van der Waals surface area contributed by atoms with Crippen LogP contribution in [-0.4, -0.2) is 57.3 Å². The van der Waals surface area contributed by atoms with Crippen LogP contribution < -0.4 is 0 Å². The van der Waals surface area contributed by atoms with Gasteiger partial charge in [0.25, 0.3) is 0 Å². The first kappa shape index (κ1) is 18.8. The SMILES string of the molecule is CCOC(CCN(CCOC)C(CC)CC)OCC. The van der Waals surface area contributed by atoms with Crippen molar-refractivity contribution in [3.63, 3.8) is 0 Å². The van der Waals surface area contributed by atoms with Crippen LogP contribution in [0.2, 0.25) is 0 Å². The Hall–Kier alpha value is -0.160. The molecule has 0 aliphatic carbocycles. The minimum Gasteiger partial charge on any atom is -0.383 e. The van der Waals surface area contributed by atoms with Crippen molar-refractivity contribution in [1.29, 1.82) is 0 Å². The lowest BCUT2D eigenvalue weighted by Gasteiger charge is -2.31. The summed E-state index contributed by atoms with van der Waals surface area (Å²) in [4.78, 5) is 2.49. The van der Waals surface area contributed by atoms with Gasteiger partial charge in [-0.05, 0) is 26.7 Å². The molecule has 0 rings (SSSR count). The number of hydrogen-bond donors (Lipinski definition) is 0. The lowest BCUT2D eigenvalue weighted by molar-refractivity contribution is -0.142. The third-order valence-corrected chi connectivity index (χ3v) is 3.40. The van der Waals surface area contributed by atoms with E-state index in [2.05, 4.69) is 18.7 Å². The van der Waals surface area contributed by atoms with Crippen molar-refractivity contribution in [2.45, 2.75) is 59.3 Å². The maximum Gasteiger partial charge on any atom is 0.158 e. The molecule has 0 aromatic rings. The van der Waals surface area contributed by atoms with Crippen LogP contribution in [0, 0.1) is 0 Å². The average Bonchev–Trinajstić information content (AvgIpc) is 2.42. The highest BCUT2D eigenvalue weighted by molar-refractivity contribution is 4.69. The van der Waals surface area contributed by atoms with Crippen LogP contribution in [0.3, 0.4) is 0 Å². The molecule has 0 fully saturated rings. The average molecular weight is 275 g/mol. The molecule has 4 heteroatoms. The summed E-state index contributed by atoms with van der Waals surface area (Å²) in [5.41, 5.74) is 0. The largest absolute Gasteiger partial charge is 0.383 e. The zero-order valence-corrected chi connectivity index (χ0v) is 13.5. The highest BCUT2D eigenvalue weighted by atomic mass is 16.7. The Morgan fingerprint density at radius 2 is 1.47 bits per heavy atom. The van der Waals surface area contributed by atoms with Gasteiger partial charge in [-0.15, -0.1) is 0 Å². The lowest BCUT2D eigenvalue weighted by Crippen LogP contribution is -2.39. The van der Waals surface area contributed by atoms with Gasteiger partial charge in [-0.2, -0.15) is 0 Å². The van der Waals surface area contributed by atoms with Crippen molar-refractivity contribution in [3.05, 3.63) is 0 Å². The second kappa shape index (κ2) is 12.9. The molecule has 116 valence electrons. The van der Waals surface area contributed by atoms with E-state index in [1.807, 2.05) is 13.8 Å². The van der Waals surface area contributed by atoms with Crippen LogP contribution in [0.5, 0.6) is 0 Å². The molecule has 0 atom stereocenters. The molecule has 0 aromatic carbocycles. The summed E-state index contributed by atoms with van der Waals surface area (Å²) in [5.74, 6) is 0. The third-order valence-electron chi connectivity index (χ3n) is 3.40. The van der Waals surface area contributed by atoms with E-state index in [9.17, 15) is 0 Å². The molecule has 0 unspecified atom stereocenters. The van der Waals surface area contributed by atoms with Crippen LogP contribution in [0.15, 0.2) is 0 Å². The fourth-order valence-corrected chi connectivity index (χ4v) is 2.35. The molecule has 0 N–H and O–H groups in total. The van der Waals surface area contributed by atoms with Crippen molar-refractivity contribution >= 4 is 0 Å². The van der Waals surface area contributed by atoms with Gasteiger partial charge < -0.3 is 14.2 Å². The maximum absolute atomic E-state index is 5.60. The first-order valence-electron chi connectivity index (χ1n) is 7.69. The minimum atomic E-state index is -0.0746. The van der Waals surface area contributed by atoms with E-state index >= 15 is 0 Å². The van der Waals surface area contributed by atoms with E-state index < -0.39 is 0 Å². The van der Waals surface area contributed by atoms with Gasteiger partial charge in [0.2, 0.25) is 0 Å². The summed E-state index contributed by atoms with van der Waals surface area (Å²) in [6, 6.07) is 0.624. The fourth-order valence-electron chi connectivity index (χ4n) is 2.35. The summed E-state index contributed by atoms with van der Waals surface area (Å²) >= 11 is 0. The topological polar surface area (TPSA) is 30.9 Å². The molecule has 0 heterocycles. The quantitative estimate of drug-likeness (QED) is 0.484. The predicted octanol–water partition coefficient (Wildman–Crippen LogP) is 2.91. The third kappa shape index (κ3) is 8.58. The smallest absolute Gasteiger partial charge is 0.158 e. The molecule has 0 aliphatic heterocycles. The second-order valence-electron chi connectivity index (χ2n) is 4.63. The summed E-state index contributed by atoms with van der Waals surface area (Å²) in [5, 5.41) is 0. The van der Waals surface area contributed by atoms with E-state index in [1.54, 1.807) is 7.11 Å². The van der Waals surface area contributed by atoms with E-state index in [-0.39, 0.29) is 6.29 Å². The van der Waals surface area contributed by atoms with Crippen molar-refractivity contribution in [3.8, 4) is 0 Å². The molecular formula is C15H33NO3. The summed E-state index contributed by atoms with van der Waals surface area (Å²) in [7, 11) is 1.76. The highest BCUT2D eigenvalue weighted by Gasteiger charge is 2.17. The zero-order valence-electron chi connectivity index (χ0n) is 13.5. The molecule has 0 saturated carbocycles. The Balaban J connectivity index is 4.27. The molecule has 0 aromatic heterocycles. The monoisotopic (exact) mass is 275 g/mol. The van der Waals surface area contributed by atoms with Crippen molar-refractivity contribution in [2.75, 3.05) is 40.0 Å². The lowest BCUT2D eigenvalue weighted by atomic mass is 10.1. The zero-order chi connectivity index (χ0) is 14.5. The van der Waals surface area contributed by atoms with Crippen LogP contribution in [0.4, 0.5) is 0 Å². The minimum absolute atomic E-state index is 0.0746. The number of rotatable bonds is 13. The van der Waals surface area contributed by atoms with E-state index in [1.165, 1.54) is 12.8 Å². The fraction of sp³-hybridized carbons (Fsp3) is 1.00. The molecule has 4 nitrogen and oxygen atoms in total. The van der Waals surface area contributed by atoms with E-state index in [0.29, 0.717) is 19.3 Å². The van der Waals surface area contributed by atoms with Crippen molar-refractivity contribution in [2.24, 2.45) is 0 Å². The molecule has 0 bridgehead atoms. The summed E-state index contributed by atoms with van der Waals surface area (Å²) < 4.78 is 16.4. The Morgan fingerprint density at radius 3 is 1.89 bits per heavy atom. The molecular weight excluding hydrogens is 242 g/mol. The first-order valence-corrected chi connectivity index (χ1v) is 7.69. The van der Waals surface area contributed by atoms with E-state index in [0.717, 1.165) is 26.1 Å². The first-order chi connectivity index (χ1) is 9.23. The van der Waals surface area contributed by atoms with Gasteiger partial charge in [-0.1, -0.05) is 13.8 Å². The Morgan fingerprint density at radius 1 is 0.895 bits per heavy atom. The number of hydrogen-bond acceptors (Lipinski definition) is 4. The Bertz CT molecular complexity index is 180. The molecule has 0 aliphatic rings. The molecule has 19 heavy (non-hydrogen) atoms. The van der Waals surface area contributed by atoms with E-state index in [4.69, 9.17) is 14.2 Å². The summed E-state index contributed by atoms with van der Waals surface area (Å²) in [6.45, 7) is 12.7. The number of methoxy groups -OCH3 is 1. The van der Waals surface area contributed by atoms with Gasteiger partial charge in [0.1, 0.15) is 0 Å². The number of ether oxygens (including phenoxy) is 3. The van der Waals surface area contributed by atoms with Crippen molar-refractivity contribution in [1.82, 2.24) is 4.90 Å². The Kier molecular flexibility index (Phi) is 12.7. The van der Waals surface area contributed by atoms with Gasteiger partial charge in [-0.25, -0.2) is 0 Å². The van der Waals surface area contributed by atoms with Gasteiger partial charge in [0.05, 0.1) is 6.61 Å². The van der Waals surface area contributed by atoms with Crippen LogP contribution in [-0.2, 0) is 14.2 Å². The maximum atomic E-state index is 5.60. The van der Waals surface area contributed by atoms with Crippen molar-refractivity contribution < 1.29 is 14.2 Å². The highest BCUT2D eigenvalue weighted by Crippen LogP contribution is 2.11. The molecule has 0 amide bonds. The van der Waals surface area contributed by atoms with Gasteiger partial charge >= 0.3 is 0 Å². The molecule has 0 radical (unpaired) electrons. The number of nitrogens with zero attached hydrogens (tertiary/aromatic N) is 1. The van der Waals surface area contributed by atoms with Gasteiger partial charge in [0.15, 0.2) is 6.29 Å². The van der Waals surface area contributed by atoms with Crippen LogP contribution in [0.1, 0.15) is 47.0 Å².